The summed E-state index contributed by atoms with van der Waals surface area (Å²) in [4.78, 5) is 10.5. The van der Waals surface area contributed by atoms with Crippen molar-refractivity contribution in [2.45, 2.75) is 6.30 Å². The van der Waals surface area contributed by atoms with Crippen LogP contribution in [0.5, 0.6) is 0 Å². The fourth-order valence-corrected chi connectivity index (χ4v) is 1.55. The summed E-state index contributed by atoms with van der Waals surface area (Å²) in [7, 11) is 0. The third kappa shape index (κ3) is 1.50. The van der Waals surface area contributed by atoms with E-state index >= 15 is 0 Å². The first kappa shape index (κ1) is 10.2. The summed E-state index contributed by atoms with van der Waals surface area (Å²) in [5.74, 6) is -1.54. The van der Waals surface area contributed by atoms with Gasteiger partial charge in [-0.2, -0.15) is 5.26 Å². The van der Waals surface area contributed by atoms with Gasteiger partial charge in [0.2, 0.25) is 0 Å². The average molecular weight is 218 g/mol. The first-order chi connectivity index (χ1) is 7.63. The molecule has 0 saturated carbocycles. The Morgan fingerprint density at radius 1 is 1.50 bits per heavy atom. The summed E-state index contributed by atoms with van der Waals surface area (Å²) in [6, 6.07) is 8.17. The van der Waals surface area contributed by atoms with E-state index in [1.165, 1.54) is 18.3 Å². The highest BCUT2D eigenvalue weighted by molar-refractivity contribution is 5.83. The molecule has 0 spiro atoms. The third-order valence-electron chi connectivity index (χ3n) is 2.30. The fourth-order valence-electron chi connectivity index (χ4n) is 1.55. The van der Waals surface area contributed by atoms with Crippen LogP contribution < -0.4 is 0 Å². The Morgan fingerprint density at radius 3 is 2.88 bits per heavy atom. The van der Waals surface area contributed by atoms with Gasteiger partial charge in [-0.15, -0.1) is 0 Å². The molecule has 1 unspecified atom stereocenters. The second-order valence-electron chi connectivity index (χ2n) is 3.28. The highest BCUT2D eigenvalue weighted by Crippen LogP contribution is 2.22. The van der Waals surface area contributed by atoms with Gasteiger partial charge < -0.3 is 9.67 Å². The molecule has 0 aliphatic rings. The number of aliphatic carboxylic acids is 1. The summed E-state index contributed by atoms with van der Waals surface area (Å²) < 4.78 is 14.3. The van der Waals surface area contributed by atoms with E-state index in [1.807, 2.05) is 6.07 Å². The number of hydrogen-bond acceptors (Lipinski definition) is 2. The molecule has 0 saturated heterocycles. The minimum absolute atomic E-state index is 0.453. The molecule has 1 aromatic carbocycles. The van der Waals surface area contributed by atoms with Crippen LogP contribution >= 0.6 is 0 Å². The van der Waals surface area contributed by atoms with Gasteiger partial charge >= 0.3 is 5.97 Å². The second kappa shape index (κ2) is 3.66. The second-order valence-corrected chi connectivity index (χ2v) is 3.28. The molecule has 1 N–H and O–H groups in total. The Bertz CT molecular complexity index is 598. The minimum Gasteiger partial charge on any atom is -0.478 e. The zero-order valence-electron chi connectivity index (χ0n) is 8.09. The monoisotopic (exact) mass is 218 g/mol. The quantitative estimate of drug-likeness (QED) is 0.838. The van der Waals surface area contributed by atoms with Crippen molar-refractivity contribution in [3.05, 3.63) is 36.0 Å². The molecule has 1 heterocycles. The number of halogens is 1. The van der Waals surface area contributed by atoms with Crippen molar-refractivity contribution in [2.24, 2.45) is 0 Å². The van der Waals surface area contributed by atoms with Gasteiger partial charge in [-0.3, -0.25) is 0 Å². The van der Waals surface area contributed by atoms with Crippen LogP contribution in [0.2, 0.25) is 0 Å². The van der Waals surface area contributed by atoms with Crippen LogP contribution in [0.3, 0.4) is 0 Å². The lowest BCUT2D eigenvalue weighted by Gasteiger charge is -2.06. The van der Waals surface area contributed by atoms with Crippen LogP contribution in [0.4, 0.5) is 4.39 Å². The highest BCUT2D eigenvalue weighted by Gasteiger charge is 2.19. The number of aromatic nitrogens is 1. The fraction of sp³-hybridized carbons (Fsp3) is 0.0909. The molecule has 0 aliphatic heterocycles. The molecule has 0 aliphatic carbocycles. The lowest BCUT2D eigenvalue weighted by Crippen LogP contribution is -2.12. The van der Waals surface area contributed by atoms with Crippen molar-refractivity contribution in [2.75, 3.05) is 0 Å². The van der Waals surface area contributed by atoms with Gasteiger partial charge in [0.1, 0.15) is 0 Å². The largest absolute Gasteiger partial charge is 0.478 e. The lowest BCUT2D eigenvalue weighted by molar-refractivity contribution is -0.146. The van der Waals surface area contributed by atoms with Gasteiger partial charge in [-0.25, -0.2) is 9.18 Å². The summed E-state index contributed by atoms with van der Waals surface area (Å²) >= 11 is 0. The van der Waals surface area contributed by atoms with Crippen LogP contribution in [0, 0.1) is 11.3 Å². The molecule has 0 amide bonds. The number of carboxylic acid groups (broad SMARTS) is 1. The molecule has 1 atom stereocenters. The number of carboxylic acids is 1. The maximum absolute atomic E-state index is 13.3. The molecule has 2 aromatic rings. The maximum Gasteiger partial charge on any atom is 0.359 e. The van der Waals surface area contributed by atoms with Gasteiger partial charge in [0, 0.05) is 11.6 Å². The normalized spacial score (nSPS) is 12.2. The molecular weight excluding hydrogens is 211 g/mol. The summed E-state index contributed by atoms with van der Waals surface area (Å²) in [5, 5.41) is 17.9. The molecule has 0 bridgehead atoms. The molecular formula is C11H7FN2O2. The van der Waals surface area contributed by atoms with E-state index < -0.39 is 12.3 Å². The number of carbonyl (C=O) groups is 1. The Balaban J connectivity index is 2.59. The number of alkyl halides is 1. The van der Waals surface area contributed by atoms with Crippen molar-refractivity contribution in [3.63, 3.8) is 0 Å². The number of nitrogens with zero attached hydrogens (tertiary/aromatic N) is 2. The van der Waals surface area contributed by atoms with Crippen molar-refractivity contribution in [1.29, 1.82) is 5.26 Å². The molecule has 0 radical (unpaired) electrons. The Kier molecular flexibility index (Phi) is 2.33. The number of fused-ring (bicyclic) bond motifs is 1. The predicted molar refractivity (Wildman–Crippen MR) is 54.4 cm³/mol. The SMILES string of the molecule is N#Cc1ccc2c(ccn2C(F)C(=O)O)c1. The van der Waals surface area contributed by atoms with E-state index in [1.54, 1.807) is 12.1 Å². The molecule has 0 fully saturated rings. The third-order valence-corrected chi connectivity index (χ3v) is 2.30. The van der Waals surface area contributed by atoms with Gasteiger partial charge in [0.25, 0.3) is 6.30 Å². The Labute approximate surface area is 90.1 Å². The van der Waals surface area contributed by atoms with E-state index in [4.69, 9.17) is 10.4 Å². The van der Waals surface area contributed by atoms with Gasteiger partial charge in [0.05, 0.1) is 17.1 Å². The first-order valence-electron chi connectivity index (χ1n) is 4.51. The van der Waals surface area contributed by atoms with Gasteiger partial charge in [-0.1, -0.05) is 0 Å². The first-order valence-corrected chi connectivity index (χ1v) is 4.51. The Morgan fingerprint density at radius 2 is 2.25 bits per heavy atom. The van der Waals surface area contributed by atoms with Gasteiger partial charge in [0.15, 0.2) is 0 Å². The van der Waals surface area contributed by atoms with Crippen molar-refractivity contribution in [1.82, 2.24) is 4.57 Å². The van der Waals surface area contributed by atoms with Crippen molar-refractivity contribution >= 4 is 16.9 Å². The van der Waals surface area contributed by atoms with Gasteiger partial charge in [-0.05, 0) is 24.3 Å². The predicted octanol–water partition coefficient (Wildman–Crippen LogP) is 2.07. The standard InChI is InChI=1S/C11H7FN2O2/c12-10(11(15)16)14-4-3-8-5-7(6-13)1-2-9(8)14/h1-5,10H,(H,15,16). The summed E-state index contributed by atoms with van der Waals surface area (Å²) in [6.45, 7) is 0. The van der Waals surface area contributed by atoms with Crippen LogP contribution in [0.15, 0.2) is 30.5 Å². The van der Waals surface area contributed by atoms with E-state index in [-0.39, 0.29) is 0 Å². The van der Waals surface area contributed by atoms with Crippen LogP contribution in [0.1, 0.15) is 11.9 Å². The average Bonchev–Trinajstić information content (AvgIpc) is 2.70. The van der Waals surface area contributed by atoms with Crippen molar-refractivity contribution in [3.8, 4) is 6.07 Å². The minimum atomic E-state index is -2.11. The van der Waals surface area contributed by atoms with E-state index in [0.29, 0.717) is 16.5 Å². The number of rotatable bonds is 2. The molecule has 80 valence electrons. The van der Waals surface area contributed by atoms with E-state index in [9.17, 15) is 9.18 Å². The van der Waals surface area contributed by atoms with E-state index in [0.717, 1.165) is 4.57 Å². The topological polar surface area (TPSA) is 66.0 Å². The smallest absolute Gasteiger partial charge is 0.359 e. The van der Waals surface area contributed by atoms with Crippen molar-refractivity contribution < 1.29 is 14.3 Å². The lowest BCUT2D eigenvalue weighted by atomic mass is 10.2. The zero-order chi connectivity index (χ0) is 11.7. The molecule has 1 aromatic heterocycles. The maximum atomic E-state index is 13.3. The van der Waals surface area contributed by atoms with Crippen LogP contribution in [0.25, 0.3) is 10.9 Å². The zero-order valence-corrected chi connectivity index (χ0v) is 8.09. The Hall–Kier alpha value is -2.35. The number of nitriles is 1. The van der Waals surface area contributed by atoms with E-state index in [2.05, 4.69) is 0 Å². The summed E-state index contributed by atoms with van der Waals surface area (Å²) in [5.41, 5.74) is 0.907. The number of benzene rings is 1. The highest BCUT2D eigenvalue weighted by atomic mass is 19.1. The van der Waals surface area contributed by atoms with Crippen LogP contribution in [-0.4, -0.2) is 15.6 Å². The molecule has 16 heavy (non-hydrogen) atoms. The summed E-state index contributed by atoms with van der Waals surface area (Å²) in [6.07, 6.45) is -0.754. The molecule has 2 rings (SSSR count). The number of hydrogen-bond donors (Lipinski definition) is 1. The molecule has 5 heteroatoms. The molecule has 4 nitrogen and oxygen atoms in total. The van der Waals surface area contributed by atoms with Crippen LogP contribution in [-0.2, 0) is 4.79 Å².